The summed E-state index contributed by atoms with van der Waals surface area (Å²) in [7, 11) is 0. The van der Waals surface area contributed by atoms with Crippen molar-refractivity contribution in [3.05, 3.63) is 60.3 Å². The van der Waals surface area contributed by atoms with Gasteiger partial charge in [-0.2, -0.15) is 4.39 Å². The van der Waals surface area contributed by atoms with Crippen LogP contribution in [0.25, 0.3) is 0 Å². The molecule has 2 aromatic rings. The number of nitrogens with one attached hydrogen (secondary N) is 1. The number of nitrogens with zero attached hydrogens (tertiary/aromatic N) is 1. The Hall–Kier alpha value is -2.28. The number of aromatic nitrogens is 2. The number of imidazole rings is 1. The fourth-order valence-electron chi connectivity index (χ4n) is 2.73. The molecule has 0 bridgehead atoms. The Morgan fingerprint density at radius 3 is 2.69 bits per heavy atom. The molecule has 0 saturated heterocycles. The van der Waals surface area contributed by atoms with E-state index < -0.39 is 29.5 Å². The Morgan fingerprint density at radius 2 is 2.12 bits per heavy atom. The zero-order valence-electron chi connectivity index (χ0n) is 14.7. The minimum absolute atomic E-state index is 0.138. The first kappa shape index (κ1) is 20.0. The number of carbonyl (C=O) groups is 1. The first-order valence-electron chi connectivity index (χ1n) is 8.53. The van der Waals surface area contributed by atoms with Crippen LogP contribution >= 0.6 is 0 Å². The molecule has 5 nitrogen and oxygen atoms in total. The lowest BCUT2D eigenvalue weighted by atomic mass is 9.89. The Morgan fingerprint density at radius 1 is 1.42 bits per heavy atom. The van der Waals surface area contributed by atoms with Gasteiger partial charge in [0, 0.05) is 5.92 Å². The van der Waals surface area contributed by atoms with Crippen molar-refractivity contribution in [1.29, 1.82) is 0 Å². The van der Waals surface area contributed by atoms with Crippen LogP contribution in [-0.2, 0) is 11.2 Å². The van der Waals surface area contributed by atoms with Gasteiger partial charge >= 0.3 is 0 Å². The highest BCUT2D eigenvalue weighted by Gasteiger charge is 2.32. The van der Waals surface area contributed by atoms with Gasteiger partial charge in [-0.3, -0.25) is 4.79 Å². The second kappa shape index (κ2) is 8.89. The van der Waals surface area contributed by atoms with Gasteiger partial charge in [0.25, 0.3) is 5.91 Å². The van der Waals surface area contributed by atoms with Crippen molar-refractivity contribution in [3.63, 3.8) is 0 Å². The van der Waals surface area contributed by atoms with E-state index in [1.807, 2.05) is 30.3 Å². The van der Waals surface area contributed by atoms with Gasteiger partial charge < -0.3 is 15.8 Å². The number of benzene rings is 1. The van der Waals surface area contributed by atoms with Crippen molar-refractivity contribution in [2.24, 2.45) is 5.73 Å². The van der Waals surface area contributed by atoms with E-state index in [1.165, 1.54) is 0 Å². The van der Waals surface area contributed by atoms with Gasteiger partial charge in [-0.15, -0.1) is 0 Å². The van der Waals surface area contributed by atoms with Crippen LogP contribution in [0.15, 0.2) is 36.5 Å². The van der Waals surface area contributed by atoms with Crippen LogP contribution in [0, 0.1) is 12.4 Å². The monoisotopic (exact) mass is 364 g/mol. The second-order valence-electron chi connectivity index (χ2n) is 6.63. The molecule has 0 saturated carbocycles. The van der Waals surface area contributed by atoms with E-state index >= 15 is 0 Å². The quantitative estimate of drug-likeness (QED) is 0.605. The average Bonchev–Trinajstić information content (AvgIpc) is 3.04. The smallest absolute Gasteiger partial charge is 0.254 e. The minimum Gasteiger partial charge on any atom is -0.393 e. The Balaban J connectivity index is 1.98. The van der Waals surface area contributed by atoms with Crippen molar-refractivity contribution in [1.82, 2.24) is 9.97 Å². The molecule has 1 unspecified atom stereocenters. The zero-order valence-corrected chi connectivity index (χ0v) is 14.7. The molecule has 4 N–H and O–H groups in total. The number of H-pyrrole nitrogens is 1. The van der Waals surface area contributed by atoms with Crippen LogP contribution in [0.5, 0.6) is 0 Å². The number of aliphatic hydroxyl groups is 1. The SMILES string of the molecule is CC(F)(CC[C@H](C[C@@H](O)[CH]Cc1ccccc1)c1nc(F)c[nH]1)C(N)=O. The highest BCUT2D eigenvalue weighted by atomic mass is 19.1. The number of aromatic amines is 1. The highest BCUT2D eigenvalue weighted by molar-refractivity contribution is 5.82. The summed E-state index contributed by atoms with van der Waals surface area (Å²) in [5.41, 5.74) is 3.95. The zero-order chi connectivity index (χ0) is 19.2. The molecule has 1 radical (unpaired) electrons. The van der Waals surface area contributed by atoms with E-state index in [0.717, 1.165) is 18.7 Å². The molecule has 1 aromatic heterocycles. The van der Waals surface area contributed by atoms with E-state index in [0.29, 0.717) is 12.2 Å². The molecule has 2 rings (SSSR count). The topological polar surface area (TPSA) is 92.0 Å². The van der Waals surface area contributed by atoms with Gasteiger partial charge in [0.05, 0.1) is 12.3 Å². The van der Waals surface area contributed by atoms with E-state index in [1.54, 1.807) is 6.42 Å². The van der Waals surface area contributed by atoms with Crippen molar-refractivity contribution >= 4 is 5.91 Å². The number of primary amides is 1. The number of rotatable bonds is 10. The van der Waals surface area contributed by atoms with Gasteiger partial charge in [-0.05, 0) is 44.6 Å². The Labute approximate surface area is 151 Å². The molecule has 3 atom stereocenters. The second-order valence-corrected chi connectivity index (χ2v) is 6.63. The number of hydrogen-bond donors (Lipinski definition) is 3. The van der Waals surface area contributed by atoms with E-state index in [9.17, 15) is 18.7 Å². The number of amides is 1. The third-order valence-corrected chi connectivity index (χ3v) is 4.42. The number of alkyl halides is 1. The first-order valence-corrected chi connectivity index (χ1v) is 8.53. The van der Waals surface area contributed by atoms with Gasteiger partial charge in [-0.25, -0.2) is 9.37 Å². The summed E-state index contributed by atoms with van der Waals surface area (Å²) >= 11 is 0. The van der Waals surface area contributed by atoms with Crippen LogP contribution in [0.1, 0.15) is 43.5 Å². The summed E-state index contributed by atoms with van der Waals surface area (Å²) in [6.45, 7) is 1.12. The number of nitrogens with two attached hydrogens (primary N) is 1. The summed E-state index contributed by atoms with van der Waals surface area (Å²) in [4.78, 5) is 17.6. The number of halogens is 2. The maximum atomic E-state index is 14.2. The molecule has 1 aromatic carbocycles. The number of hydrogen-bond acceptors (Lipinski definition) is 3. The molecule has 0 aliphatic carbocycles. The molecule has 141 valence electrons. The fraction of sp³-hybridized carbons (Fsp3) is 0.421. The van der Waals surface area contributed by atoms with Crippen LogP contribution in [0.2, 0.25) is 0 Å². The molecule has 26 heavy (non-hydrogen) atoms. The molecule has 0 spiro atoms. The number of aliphatic hydroxyl groups excluding tert-OH is 1. The third kappa shape index (κ3) is 5.91. The molecule has 0 aliphatic heterocycles. The van der Waals surface area contributed by atoms with Crippen molar-refractivity contribution in [3.8, 4) is 0 Å². The van der Waals surface area contributed by atoms with Crippen molar-refractivity contribution in [2.45, 2.75) is 50.3 Å². The number of carbonyl (C=O) groups excluding carboxylic acids is 1. The average molecular weight is 364 g/mol. The molecule has 1 heterocycles. The third-order valence-electron chi connectivity index (χ3n) is 4.42. The lowest BCUT2D eigenvalue weighted by Gasteiger charge is -2.22. The molecule has 7 heteroatoms. The maximum Gasteiger partial charge on any atom is 0.254 e. The van der Waals surface area contributed by atoms with E-state index in [-0.39, 0.29) is 19.3 Å². The lowest BCUT2D eigenvalue weighted by Crippen LogP contribution is -2.37. The van der Waals surface area contributed by atoms with Crippen LogP contribution in [0.4, 0.5) is 8.78 Å². The largest absolute Gasteiger partial charge is 0.393 e. The highest BCUT2D eigenvalue weighted by Crippen LogP contribution is 2.29. The van der Waals surface area contributed by atoms with Gasteiger partial charge in [-0.1, -0.05) is 30.3 Å². The van der Waals surface area contributed by atoms with Crippen LogP contribution in [-0.4, -0.2) is 32.8 Å². The van der Waals surface area contributed by atoms with Crippen molar-refractivity contribution in [2.75, 3.05) is 0 Å². The molecule has 0 aliphatic rings. The predicted octanol–water partition coefficient (Wildman–Crippen LogP) is 2.82. The molecular weight excluding hydrogens is 340 g/mol. The maximum absolute atomic E-state index is 14.2. The fourth-order valence-corrected chi connectivity index (χ4v) is 2.73. The van der Waals surface area contributed by atoms with Gasteiger partial charge in [0.15, 0.2) is 5.67 Å². The van der Waals surface area contributed by atoms with E-state index in [2.05, 4.69) is 9.97 Å². The lowest BCUT2D eigenvalue weighted by molar-refractivity contribution is -0.128. The summed E-state index contributed by atoms with van der Waals surface area (Å²) in [5.74, 6) is -1.84. The van der Waals surface area contributed by atoms with Crippen LogP contribution < -0.4 is 5.73 Å². The molecule has 1 amide bonds. The van der Waals surface area contributed by atoms with Crippen LogP contribution in [0.3, 0.4) is 0 Å². The Bertz CT molecular complexity index is 704. The standard InChI is InChI=1S/C19H24F2N3O2/c1-19(21,18(22)26)10-9-14(17-23-12-16(20)24-17)11-15(25)8-7-13-5-3-2-4-6-13/h2-6,8,12,14-15,25H,7,9-11H2,1H3,(H2,22,26)(H,23,24)/t14-,15+,19?/m1/s1. The molecule has 0 fully saturated rings. The van der Waals surface area contributed by atoms with Gasteiger partial charge in [0.2, 0.25) is 5.95 Å². The predicted molar refractivity (Wildman–Crippen MR) is 94.3 cm³/mol. The summed E-state index contributed by atoms with van der Waals surface area (Å²) < 4.78 is 27.4. The Kier molecular flexibility index (Phi) is 6.85. The summed E-state index contributed by atoms with van der Waals surface area (Å²) in [6, 6.07) is 9.63. The normalized spacial score (nSPS) is 16.0. The molecular formula is C19H24F2N3O2. The van der Waals surface area contributed by atoms with Crippen molar-refractivity contribution < 1.29 is 18.7 Å². The summed E-state index contributed by atoms with van der Waals surface area (Å²) in [5, 5.41) is 10.3. The summed E-state index contributed by atoms with van der Waals surface area (Å²) in [6.07, 6.45) is 2.92. The van der Waals surface area contributed by atoms with E-state index in [4.69, 9.17) is 5.73 Å². The first-order chi connectivity index (χ1) is 12.3. The van der Waals surface area contributed by atoms with Gasteiger partial charge in [0.1, 0.15) is 5.82 Å². The minimum atomic E-state index is -2.16.